The van der Waals surface area contributed by atoms with E-state index in [0.717, 1.165) is 22.0 Å². The summed E-state index contributed by atoms with van der Waals surface area (Å²) in [6, 6.07) is 12.1. The van der Waals surface area contributed by atoms with Gasteiger partial charge in [0.25, 0.3) is 0 Å². The van der Waals surface area contributed by atoms with Gasteiger partial charge in [-0.05, 0) is 18.6 Å². The first-order chi connectivity index (χ1) is 14.6. The molecule has 5 rings (SSSR count). The van der Waals surface area contributed by atoms with Gasteiger partial charge in [0.2, 0.25) is 16.9 Å². The Morgan fingerprint density at radius 1 is 1.20 bits per heavy atom. The second-order valence-electron chi connectivity index (χ2n) is 7.81. The van der Waals surface area contributed by atoms with Crippen LogP contribution in [0.25, 0.3) is 0 Å². The molecule has 2 aromatic heterocycles. The Bertz CT molecular complexity index is 1090. The van der Waals surface area contributed by atoms with Crippen LogP contribution >= 0.6 is 11.3 Å². The van der Waals surface area contributed by atoms with E-state index in [1.165, 1.54) is 11.3 Å². The number of carbonyl (C=O) groups excluding carboxylic acids is 2. The maximum absolute atomic E-state index is 13.1. The first-order valence-corrected chi connectivity index (χ1v) is 10.9. The molecule has 8 nitrogen and oxygen atoms in total. The van der Waals surface area contributed by atoms with Gasteiger partial charge < -0.3 is 4.90 Å². The summed E-state index contributed by atoms with van der Waals surface area (Å²) in [5.41, 5.74) is 3.16. The molecule has 0 aliphatic carbocycles. The van der Waals surface area contributed by atoms with Crippen LogP contribution in [0, 0.1) is 12.8 Å². The molecule has 2 aliphatic heterocycles. The van der Waals surface area contributed by atoms with E-state index >= 15 is 0 Å². The van der Waals surface area contributed by atoms with Crippen molar-refractivity contribution >= 4 is 28.3 Å². The molecule has 4 heterocycles. The predicted octanol–water partition coefficient (Wildman–Crippen LogP) is 2.03. The van der Waals surface area contributed by atoms with Gasteiger partial charge in [0.1, 0.15) is 5.01 Å². The topological polar surface area (TPSA) is 84.2 Å². The van der Waals surface area contributed by atoms with Crippen LogP contribution in [0.4, 0.5) is 5.13 Å². The molecule has 30 heavy (non-hydrogen) atoms. The number of aryl methyl sites for hydroxylation is 1. The van der Waals surface area contributed by atoms with Gasteiger partial charge in [-0.15, -0.1) is 10.2 Å². The standard InChI is InChI=1S/C21H22N6O2S/c1-14-9-17-13-25(7-8-27(17)24-14)20(29)16-11-19(28)26(12-16)21-23-22-18(30-21)10-15-5-3-2-4-6-15/h2-6,9,16H,7-8,10-13H2,1H3. The predicted molar refractivity (Wildman–Crippen MR) is 112 cm³/mol. The van der Waals surface area contributed by atoms with E-state index in [0.29, 0.717) is 37.7 Å². The van der Waals surface area contributed by atoms with Crippen LogP contribution in [0.3, 0.4) is 0 Å². The third-order valence-corrected chi connectivity index (χ3v) is 6.54. The zero-order valence-corrected chi connectivity index (χ0v) is 17.5. The van der Waals surface area contributed by atoms with Crippen molar-refractivity contribution in [2.75, 3.05) is 18.0 Å². The fourth-order valence-electron chi connectivity index (χ4n) is 4.11. The van der Waals surface area contributed by atoms with Gasteiger partial charge in [-0.1, -0.05) is 41.7 Å². The van der Waals surface area contributed by atoms with Gasteiger partial charge >= 0.3 is 0 Å². The minimum Gasteiger partial charge on any atom is -0.335 e. The van der Waals surface area contributed by atoms with E-state index in [1.807, 2.05) is 52.9 Å². The van der Waals surface area contributed by atoms with Gasteiger partial charge in [0.05, 0.1) is 30.4 Å². The van der Waals surface area contributed by atoms with Gasteiger partial charge in [0.15, 0.2) is 0 Å². The molecule has 0 radical (unpaired) electrons. The minimum absolute atomic E-state index is 0.0324. The highest BCUT2D eigenvalue weighted by Gasteiger charge is 2.39. The van der Waals surface area contributed by atoms with Crippen molar-refractivity contribution in [1.29, 1.82) is 0 Å². The van der Waals surface area contributed by atoms with Crippen molar-refractivity contribution in [3.05, 3.63) is 58.4 Å². The summed E-state index contributed by atoms with van der Waals surface area (Å²) in [5.74, 6) is -0.367. The highest BCUT2D eigenvalue weighted by molar-refractivity contribution is 7.15. The largest absolute Gasteiger partial charge is 0.335 e. The average molecular weight is 423 g/mol. The zero-order chi connectivity index (χ0) is 20.7. The molecule has 154 valence electrons. The number of hydrogen-bond donors (Lipinski definition) is 0. The molecular formula is C21H22N6O2S. The number of anilines is 1. The van der Waals surface area contributed by atoms with Gasteiger partial charge in [-0.2, -0.15) is 5.10 Å². The lowest BCUT2D eigenvalue weighted by Crippen LogP contribution is -2.42. The second-order valence-corrected chi connectivity index (χ2v) is 8.85. The van der Waals surface area contributed by atoms with Crippen LogP contribution < -0.4 is 4.90 Å². The third kappa shape index (κ3) is 3.60. The van der Waals surface area contributed by atoms with Crippen LogP contribution in [0.1, 0.15) is 28.4 Å². The van der Waals surface area contributed by atoms with E-state index < -0.39 is 0 Å². The highest BCUT2D eigenvalue weighted by Crippen LogP contribution is 2.30. The molecule has 0 saturated carbocycles. The molecule has 1 fully saturated rings. The quantitative estimate of drug-likeness (QED) is 0.642. The van der Waals surface area contributed by atoms with Crippen LogP contribution in [-0.4, -0.2) is 49.8 Å². The van der Waals surface area contributed by atoms with Gasteiger partial charge in [-0.3, -0.25) is 19.2 Å². The summed E-state index contributed by atoms with van der Waals surface area (Å²) in [5, 5.41) is 14.3. The van der Waals surface area contributed by atoms with Crippen molar-refractivity contribution in [3.8, 4) is 0 Å². The molecular weight excluding hydrogens is 400 g/mol. The summed E-state index contributed by atoms with van der Waals surface area (Å²) >= 11 is 1.42. The van der Waals surface area contributed by atoms with Crippen LogP contribution in [0.2, 0.25) is 0 Å². The number of benzene rings is 1. The second kappa shape index (κ2) is 7.64. The van der Waals surface area contributed by atoms with Crippen molar-refractivity contribution in [2.24, 2.45) is 5.92 Å². The van der Waals surface area contributed by atoms with E-state index in [1.54, 1.807) is 4.90 Å². The molecule has 1 saturated heterocycles. The number of hydrogen-bond acceptors (Lipinski definition) is 6. The molecule has 0 spiro atoms. The van der Waals surface area contributed by atoms with E-state index in [9.17, 15) is 9.59 Å². The Balaban J connectivity index is 1.25. The van der Waals surface area contributed by atoms with E-state index in [-0.39, 0.29) is 24.2 Å². The summed E-state index contributed by atoms with van der Waals surface area (Å²) in [7, 11) is 0. The summed E-state index contributed by atoms with van der Waals surface area (Å²) in [6.45, 7) is 4.19. The van der Waals surface area contributed by atoms with Crippen molar-refractivity contribution in [3.63, 3.8) is 0 Å². The number of carbonyl (C=O) groups is 2. The Hall–Kier alpha value is -3.07. The molecule has 3 aromatic rings. The lowest BCUT2D eigenvalue weighted by atomic mass is 10.1. The molecule has 2 amide bonds. The maximum atomic E-state index is 13.1. The minimum atomic E-state index is -0.338. The van der Waals surface area contributed by atoms with E-state index in [2.05, 4.69) is 15.3 Å². The van der Waals surface area contributed by atoms with Crippen LogP contribution in [0.15, 0.2) is 36.4 Å². The summed E-state index contributed by atoms with van der Waals surface area (Å²) in [6.07, 6.45) is 0.908. The average Bonchev–Trinajstić information content (AvgIpc) is 3.45. The Morgan fingerprint density at radius 3 is 2.87 bits per heavy atom. The van der Waals surface area contributed by atoms with Crippen LogP contribution in [0.5, 0.6) is 0 Å². The van der Waals surface area contributed by atoms with Gasteiger partial charge in [0, 0.05) is 25.9 Å². The molecule has 0 bridgehead atoms. The molecule has 1 unspecified atom stereocenters. The molecule has 2 aliphatic rings. The molecule has 0 N–H and O–H groups in total. The number of fused-ring (bicyclic) bond motifs is 1. The van der Waals surface area contributed by atoms with Crippen molar-refractivity contribution in [2.45, 2.75) is 32.9 Å². The Kier molecular flexibility index (Phi) is 4.82. The lowest BCUT2D eigenvalue weighted by molar-refractivity contribution is -0.137. The number of amides is 2. The number of aromatic nitrogens is 4. The Morgan fingerprint density at radius 2 is 2.03 bits per heavy atom. The zero-order valence-electron chi connectivity index (χ0n) is 16.7. The SMILES string of the molecule is Cc1cc2n(n1)CCN(C(=O)C1CC(=O)N(c3nnc(Cc4ccccc4)s3)C1)C2. The maximum Gasteiger partial charge on any atom is 0.229 e. The summed E-state index contributed by atoms with van der Waals surface area (Å²) in [4.78, 5) is 29.2. The highest BCUT2D eigenvalue weighted by atomic mass is 32.1. The first kappa shape index (κ1) is 18.9. The molecule has 1 aromatic carbocycles. The monoisotopic (exact) mass is 422 g/mol. The smallest absolute Gasteiger partial charge is 0.229 e. The number of nitrogens with zero attached hydrogens (tertiary/aromatic N) is 6. The molecule has 9 heteroatoms. The van der Waals surface area contributed by atoms with E-state index in [4.69, 9.17) is 0 Å². The molecule has 1 atom stereocenters. The van der Waals surface area contributed by atoms with Crippen molar-refractivity contribution in [1.82, 2.24) is 24.9 Å². The summed E-state index contributed by atoms with van der Waals surface area (Å²) < 4.78 is 1.96. The first-order valence-electron chi connectivity index (χ1n) is 10.1. The Labute approximate surface area is 178 Å². The fourth-order valence-corrected chi connectivity index (χ4v) is 5.01. The van der Waals surface area contributed by atoms with Crippen molar-refractivity contribution < 1.29 is 9.59 Å². The number of rotatable bonds is 4. The lowest BCUT2D eigenvalue weighted by Gasteiger charge is -2.29. The van der Waals surface area contributed by atoms with Crippen LogP contribution in [-0.2, 0) is 29.1 Å². The fraction of sp³-hybridized carbons (Fsp3) is 0.381. The van der Waals surface area contributed by atoms with Gasteiger partial charge in [-0.25, -0.2) is 0 Å². The normalized spacial score (nSPS) is 18.7. The third-order valence-electron chi connectivity index (χ3n) is 5.59.